The van der Waals surface area contributed by atoms with Gasteiger partial charge in [0.1, 0.15) is 18.3 Å². The molecule has 0 saturated heterocycles. The van der Waals surface area contributed by atoms with Gasteiger partial charge in [-0.25, -0.2) is 13.5 Å². The van der Waals surface area contributed by atoms with E-state index < -0.39 is 13.0 Å². The molecule has 6 heteroatoms. The van der Waals surface area contributed by atoms with E-state index in [0.717, 1.165) is 4.68 Å². The molecule has 76 valence electrons. The van der Waals surface area contributed by atoms with Crippen molar-refractivity contribution in [3.8, 4) is 6.07 Å². The summed E-state index contributed by atoms with van der Waals surface area (Å²) in [6.45, 7) is -0.0719. The SMILES string of the molecule is CNCc1cc(C#N)n(CC(F)F)n1. The summed E-state index contributed by atoms with van der Waals surface area (Å²) < 4.78 is 25.1. The topological polar surface area (TPSA) is 53.6 Å². The van der Waals surface area contributed by atoms with Crippen LogP contribution in [0.3, 0.4) is 0 Å². The quantitative estimate of drug-likeness (QED) is 0.779. The molecule has 0 amide bonds. The lowest BCUT2D eigenvalue weighted by molar-refractivity contribution is 0.121. The molecule has 4 nitrogen and oxygen atoms in total. The summed E-state index contributed by atoms with van der Waals surface area (Å²) in [5, 5.41) is 15.3. The second kappa shape index (κ2) is 4.67. The number of alkyl halides is 2. The number of rotatable bonds is 4. The van der Waals surface area contributed by atoms with Crippen molar-refractivity contribution in [1.29, 1.82) is 5.26 Å². The minimum atomic E-state index is -2.50. The molecule has 1 heterocycles. The number of hydrogen-bond acceptors (Lipinski definition) is 3. The molecule has 0 aromatic carbocycles. The van der Waals surface area contributed by atoms with E-state index in [2.05, 4.69) is 10.4 Å². The average molecular weight is 200 g/mol. The molecule has 1 rings (SSSR count). The zero-order valence-corrected chi connectivity index (χ0v) is 7.67. The first kappa shape index (κ1) is 10.6. The van der Waals surface area contributed by atoms with Gasteiger partial charge in [-0.15, -0.1) is 0 Å². The molecular formula is C8H10F2N4. The summed E-state index contributed by atoms with van der Waals surface area (Å²) >= 11 is 0. The van der Waals surface area contributed by atoms with Crippen LogP contribution in [0, 0.1) is 11.3 Å². The molecule has 0 aliphatic carbocycles. The average Bonchev–Trinajstić information content (AvgIpc) is 2.47. The lowest BCUT2D eigenvalue weighted by Gasteiger charge is -2.00. The third-order valence-electron chi connectivity index (χ3n) is 1.61. The Bertz CT molecular complexity index is 340. The van der Waals surface area contributed by atoms with Crippen molar-refractivity contribution >= 4 is 0 Å². The van der Waals surface area contributed by atoms with Gasteiger partial charge in [0.15, 0.2) is 0 Å². The molecule has 1 aromatic rings. The van der Waals surface area contributed by atoms with Crippen molar-refractivity contribution in [1.82, 2.24) is 15.1 Å². The Labute approximate surface area is 80.1 Å². The third-order valence-corrected chi connectivity index (χ3v) is 1.61. The molecule has 1 N–H and O–H groups in total. The molecule has 14 heavy (non-hydrogen) atoms. The fourth-order valence-corrected chi connectivity index (χ4v) is 1.10. The van der Waals surface area contributed by atoms with Gasteiger partial charge in [-0.3, -0.25) is 0 Å². The predicted octanol–water partition coefficient (Wildman–Crippen LogP) is 0.739. The number of nitriles is 1. The molecule has 0 bridgehead atoms. The standard InChI is InChI=1S/C8H10F2N4/c1-12-4-6-2-7(3-11)14(13-6)5-8(9)10/h2,8,12H,4-5H2,1H3. The van der Waals surface area contributed by atoms with E-state index in [-0.39, 0.29) is 5.69 Å². The number of aromatic nitrogens is 2. The Morgan fingerprint density at radius 3 is 2.93 bits per heavy atom. The maximum absolute atomic E-state index is 12.0. The van der Waals surface area contributed by atoms with Crippen LogP contribution >= 0.6 is 0 Å². The zero-order chi connectivity index (χ0) is 10.6. The van der Waals surface area contributed by atoms with Crippen LogP contribution in [0.15, 0.2) is 6.07 Å². The van der Waals surface area contributed by atoms with Crippen LogP contribution in [-0.4, -0.2) is 23.3 Å². The van der Waals surface area contributed by atoms with Gasteiger partial charge in [-0.1, -0.05) is 0 Å². The molecule has 0 spiro atoms. The number of hydrogen-bond donors (Lipinski definition) is 1. The predicted molar refractivity (Wildman–Crippen MR) is 45.7 cm³/mol. The van der Waals surface area contributed by atoms with Gasteiger partial charge in [0.2, 0.25) is 0 Å². The zero-order valence-electron chi connectivity index (χ0n) is 7.67. The summed E-state index contributed by atoms with van der Waals surface area (Å²) in [5.41, 5.74) is 0.750. The molecule has 0 fully saturated rings. The van der Waals surface area contributed by atoms with Crippen LogP contribution in [0.25, 0.3) is 0 Å². The highest BCUT2D eigenvalue weighted by atomic mass is 19.3. The highest BCUT2D eigenvalue weighted by molar-refractivity contribution is 5.23. The monoisotopic (exact) mass is 200 g/mol. The maximum Gasteiger partial charge on any atom is 0.257 e. The van der Waals surface area contributed by atoms with E-state index in [1.165, 1.54) is 6.07 Å². The first-order valence-corrected chi connectivity index (χ1v) is 4.07. The Hall–Kier alpha value is -1.48. The third kappa shape index (κ3) is 2.50. The lowest BCUT2D eigenvalue weighted by Crippen LogP contribution is -2.11. The summed E-state index contributed by atoms with van der Waals surface area (Å²) in [7, 11) is 1.72. The Morgan fingerprint density at radius 1 is 1.71 bits per heavy atom. The van der Waals surface area contributed by atoms with Crippen LogP contribution in [0.1, 0.15) is 11.4 Å². The second-order valence-electron chi connectivity index (χ2n) is 2.74. The van der Waals surface area contributed by atoms with Crippen molar-refractivity contribution in [2.75, 3.05) is 7.05 Å². The van der Waals surface area contributed by atoms with Gasteiger partial charge < -0.3 is 5.32 Å². The van der Waals surface area contributed by atoms with E-state index >= 15 is 0 Å². The number of halogens is 2. The van der Waals surface area contributed by atoms with Crippen LogP contribution in [0.2, 0.25) is 0 Å². The number of nitrogens with one attached hydrogen (secondary N) is 1. The molecule has 0 unspecified atom stereocenters. The molecule has 0 saturated carbocycles. The normalized spacial score (nSPS) is 10.5. The van der Waals surface area contributed by atoms with Gasteiger partial charge >= 0.3 is 0 Å². The van der Waals surface area contributed by atoms with Crippen LogP contribution in [-0.2, 0) is 13.1 Å². The summed E-state index contributed by atoms with van der Waals surface area (Å²) in [4.78, 5) is 0. The first-order valence-electron chi connectivity index (χ1n) is 4.07. The van der Waals surface area contributed by atoms with Crippen molar-refractivity contribution in [2.45, 2.75) is 19.5 Å². The fraction of sp³-hybridized carbons (Fsp3) is 0.500. The maximum atomic E-state index is 12.0. The van der Waals surface area contributed by atoms with E-state index in [1.54, 1.807) is 7.05 Å². The Morgan fingerprint density at radius 2 is 2.43 bits per heavy atom. The highest BCUT2D eigenvalue weighted by Gasteiger charge is 2.11. The Balaban J connectivity index is 2.86. The van der Waals surface area contributed by atoms with Crippen molar-refractivity contribution < 1.29 is 8.78 Å². The van der Waals surface area contributed by atoms with Gasteiger partial charge in [-0.05, 0) is 13.1 Å². The van der Waals surface area contributed by atoms with Crippen LogP contribution in [0.4, 0.5) is 8.78 Å². The smallest absolute Gasteiger partial charge is 0.257 e. The molecular weight excluding hydrogens is 190 g/mol. The van der Waals surface area contributed by atoms with Crippen LogP contribution in [0.5, 0.6) is 0 Å². The van der Waals surface area contributed by atoms with Gasteiger partial charge in [-0.2, -0.15) is 10.4 Å². The summed E-state index contributed by atoms with van der Waals surface area (Å²) in [5.74, 6) is 0. The van der Waals surface area contributed by atoms with Gasteiger partial charge in [0.25, 0.3) is 6.43 Å². The van der Waals surface area contributed by atoms with Gasteiger partial charge in [0, 0.05) is 6.54 Å². The fourth-order valence-electron chi connectivity index (χ4n) is 1.10. The largest absolute Gasteiger partial charge is 0.314 e. The van der Waals surface area contributed by atoms with Crippen molar-refractivity contribution in [3.05, 3.63) is 17.5 Å². The van der Waals surface area contributed by atoms with E-state index in [9.17, 15) is 8.78 Å². The molecule has 0 aliphatic heterocycles. The first-order chi connectivity index (χ1) is 6.67. The highest BCUT2D eigenvalue weighted by Crippen LogP contribution is 2.06. The molecule has 1 aromatic heterocycles. The van der Waals surface area contributed by atoms with Crippen LogP contribution < -0.4 is 5.32 Å². The van der Waals surface area contributed by atoms with Crippen molar-refractivity contribution in [2.24, 2.45) is 0 Å². The lowest BCUT2D eigenvalue weighted by atomic mass is 10.3. The summed E-state index contributed by atoms with van der Waals surface area (Å²) in [6.07, 6.45) is -2.50. The Kier molecular flexibility index (Phi) is 3.54. The summed E-state index contributed by atoms with van der Waals surface area (Å²) in [6, 6.07) is 3.32. The van der Waals surface area contributed by atoms with E-state index in [4.69, 9.17) is 5.26 Å². The van der Waals surface area contributed by atoms with Gasteiger partial charge in [0.05, 0.1) is 5.69 Å². The number of nitrogens with zero attached hydrogens (tertiary/aromatic N) is 3. The minimum absolute atomic E-state index is 0.163. The minimum Gasteiger partial charge on any atom is -0.314 e. The second-order valence-corrected chi connectivity index (χ2v) is 2.74. The molecule has 0 atom stereocenters. The van der Waals surface area contributed by atoms with E-state index in [1.807, 2.05) is 6.07 Å². The van der Waals surface area contributed by atoms with E-state index in [0.29, 0.717) is 12.2 Å². The van der Waals surface area contributed by atoms with Crippen molar-refractivity contribution in [3.63, 3.8) is 0 Å². The molecule has 0 aliphatic rings. The molecule has 0 radical (unpaired) electrons.